The second-order valence-electron chi connectivity index (χ2n) is 8.70. The molecule has 0 bridgehead atoms. The quantitative estimate of drug-likeness (QED) is 0.314. The van der Waals surface area contributed by atoms with Crippen LogP contribution in [0.5, 0.6) is 0 Å². The zero-order valence-electron chi connectivity index (χ0n) is 19.1. The van der Waals surface area contributed by atoms with Gasteiger partial charge < -0.3 is 4.67 Å². The number of anilines is 1. The van der Waals surface area contributed by atoms with Crippen LogP contribution in [-0.2, 0) is 0 Å². The summed E-state index contributed by atoms with van der Waals surface area (Å²) in [7, 11) is -0.615. The molecule has 0 aromatic heterocycles. The van der Waals surface area contributed by atoms with Gasteiger partial charge in [0, 0.05) is 45.3 Å². The maximum atomic E-state index is 2.82. The molecule has 5 heteroatoms. The molecule has 3 nitrogen and oxygen atoms in total. The number of rotatable bonds is 6. The van der Waals surface area contributed by atoms with Crippen molar-refractivity contribution in [2.45, 2.75) is 44.8 Å². The number of fused-ring (bicyclic) bond motifs is 1. The van der Waals surface area contributed by atoms with Crippen molar-refractivity contribution in [3.8, 4) is 0 Å². The van der Waals surface area contributed by atoms with Crippen LogP contribution < -0.4 is 4.67 Å². The first kappa shape index (κ1) is 23.0. The largest absolute Gasteiger partial charge is 0.324 e. The van der Waals surface area contributed by atoms with Crippen LogP contribution in [0.25, 0.3) is 0 Å². The van der Waals surface area contributed by atoms with Gasteiger partial charge in [0.1, 0.15) is 0 Å². The van der Waals surface area contributed by atoms with E-state index in [1.807, 2.05) is 0 Å². The van der Waals surface area contributed by atoms with Crippen molar-refractivity contribution in [1.29, 1.82) is 0 Å². The van der Waals surface area contributed by atoms with E-state index in [1.165, 1.54) is 36.2 Å². The first-order valence-electron chi connectivity index (χ1n) is 11.5. The zero-order valence-corrected chi connectivity index (χ0v) is 20.0. The Bertz CT molecular complexity index is 926. The van der Waals surface area contributed by atoms with Gasteiger partial charge in [-0.2, -0.15) is 0 Å². The maximum Gasteiger partial charge on any atom is 0.150 e. The van der Waals surface area contributed by atoms with Crippen molar-refractivity contribution in [2.75, 3.05) is 17.8 Å². The number of hydrogen-bond donors (Lipinski definition) is 0. The van der Waals surface area contributed by atoms with Crippen molar-refractivity contribution < 1.29 is 0 Å². The number of benzene rings is 3. The van der Waals surface area contributed by atoms with Gasteiger partial charge in [-0.1, -0.05) is 78.9 Å². The SMILES string of the molecule is C[C@H](c1ccccc1)N([C@H](C)c1ccccc1)[P@]1N(c2ccccc2)C[C@@H]2CCCN21.[B]. The molecule has 2 fully saturated rings. The second kappa shape index (κ2) is 10.2. The monoisotopic (exact) mass is 440 g/mol. The summed E-state index contributed by atoms with van der Waals surface area (Å²) in [4.78, 5) is 0. The summed E-state index contributed by atoms with van der Waals surface area (Å²) in [5.74, 6) is 0. The summed E-state index contributed by atoms with van der Waals surface area (Å²) >= 11 is 0. The summed E-state index contributed by atoms with van der Waals surface area (Å²) in [6.07, 6.45) is 2.63. The summed E-state index contributed by atoms with van der Waals surface area (Å²) in [5, 5.41) is 0. The number of hydrogen-bond acceptors (Lipinski definition) is 3. The van der Waals surface area contributed by atoms with Crippen LogP contribution in [0.15, 0.2) is 91.0 Å². The highest BCUT2D eigenvalue weighted by atomic mass is 31.2. The Hall–Kier alpha value is -2.13. The molecule has 4 atom stereocenters. The van der Waals surface area contributed by atoms with Crippen LogP contribution in [-0.4, -0.2) is 36.9 Å². The van der Waals surface area contributed by atoms with E-state index in [1.54, 1.807) is 0 Å². The fraction of sp³-hybridized carbons (Fsp3) is 0.333. The summed E-state index contributed by atoms with van der Waals surface area (Å²) in [5.41, 5.74) is 4.14. The molecule has 0 saturated carbocycles. The average molecular weight is 440 g/mol. The highest BCUT2D eigenvalue weighted by molar-refractivity contribution is 7.55. The van der Waals surface area contributed by atoms with Crippen LogP contribution in [0, 0.1) is 0 Å². The molecule has 2 aliphatic rings. The van der Waals surface area contributed by atoms with Gasteiger partial charge in [0.25, 0.3) is 0 Å². The summed E-state index contributed by atoms with van der Waals surface area (Å²) < 4.78 is 8.33. The normalized spacial score (nSPS) is 22.4. The number of nitrogens with zero attached hydrogens (tertiary/aromatic N) is 3. The molecule has 0 amide bonds. The molecule has 3 aromatic rings. The van der Waals surface area contributed by atoms with Crippen LogP contribution in [0.1, 0.15) is 49.9 Å². The first-order chi connectivity index (χ1) is 15.2. The van der Waals surface area contributed by atoms with Gasteiger partial charge in [0.05, 0.1) is 0 Å². The van der Waals surface area contributed by atoms with E-state index in [0.29, 0.717) is 18.1 Å². The molecule has 32 heavy (non-hydrogen) atoms. The predicted molar refractivity (Wildman–Crippen MR) is 138 cm³/mol. The average Bonchev–Trinajstić information content (AvgIpc) is 3.43. The lowest BCUT2D eigenvalue weighted by molar-refractivity contribution is 0.279. The van der Waals surface area contributed by atoms with Crippen molar-refractivity contribution in [2.24, 2.45) is 0 Å². The maximum absolute atomic E-state index is 2.82. The van der Waals surface area contributed by atoms with Crippen molar-refractivity contribution in [1.82, 2.24) is 9.34 Å². The smallest absolute Gasteiger partial charge is 0.150 e. The highest BCUT2D eigenvalue weighted by Crippen LogP contribution is 2.63. The summed E-state index contributed by atoms with van der Waals surface area (Å²) in [6, 6.07) is 34.5. The summed E-state index contributed by atoms with van der Waals surface area (Å²) in [6.45, 7) is 7.13. The van der Waals surface area contributed by atoms with Crippen molar-refractivity contribution in [3.05, 3.63) is 102 Å². The fourth-order valence-electron chi connectivity index (χ4n) is 5.13. The Morgan fingerprint density at radius 2 is 1.28 bits per heavy atom. The second-order valence-corrected chi connectivity index (χ2v) is 10.7. The third kappa shape index (κ3) is 4.37. The minimum Gasteiger partial charge on any atom is -0.324 e. The highest BCUT2D eigenvalue weighted by Gasteiger charge is 2.48. The van der Waals surface area contributed by atoms with Crippen LogP contribution in [0.3, 0.4) is 0 Å². The van der Waals surface area contributed by atoms with Crippen molar-refractivity contribution in [3.63, 3.8) is 0 Å². The van der Waals surface area contributed by atoms with E-state index < -0.39 is 8.37 Å². The van der Waals surface area contributed by atoms with Crippen LogP contribution in [0.4, 0.5) is 5.69 Å². The van der Waals surface area contributed by atoms with Gasteiger partial charge in [-0.3, -0.25) is 0 Å². The van der Waals surface area contributed by atoms with Crippen molar-refractivity contribution >= 4 is 22.5 Å². The molecule has 5 rings (SSSR count). The van der Waals surface area contributed by atoms with Gasteiger partial charge in [0.2, 0.25) is 0 Å². The standard InChI is InChI=1S/C27H32N3P.B/c1-22(24-13-6-3-7-14-24)30(23(2)25-15-8-4-9-16-25)31-28-20-12-19-27(28)21-29(31)26-17-10-5-11-18-26;/h3-11,13-18,22-23,27H,12,19-21H2,1-2H3;/t22-,23-,27+,31+;/m1./s1. The fourth-order valence-corrected chi connectivity index (χ4v) is 8.29. The number of para-hydroxylation sites is 1. The minimum atomic E-state index is -0.615. The van der Waals surface area contributed by atoms with E-state index in [0.717, 1.165) is 6.54 Å². The molecule has 0 unspecified atom stereocenters. The van der Waals surface area contributed by atoms with E-state index in [9.17, 15) is 0 Å². The molecule has 3 aromatic carbocycles. The van der Waals surface area contributed by atoms with E-state index in [4.69, 9.17) is 0 Å². The molecule has 2 aliphatic heterocycles. The van der Waals surface area contributed by atoms with E-state index in [-0.39, 0.29) is 8.41 Å². The van der Waals surface area contributed by atoms with Gasteiger partial charge in [-0.25, -0.2) is 9.34 Å². The molecule has 0 spiro atoms. The Morgan fingerprint density at radius 3 is 1.81 bits per heavy atom. The third-order valence-corrected chi connectivity index (χ3v) is 9.71. The third-order valence-electron chi connectivity index (χ3n) is 6.79. The Kier molecular flexibility index (Phi) is 7.35. The molecule has 2 saturated heterocycles. The molecular formula is C27H32BN3P. The molecule has 2 heterocycles. The Labute approximate surface area is 196 Å². The lowest BCUT2D eigenvalue weighted by Gasteiger charge is -2.45. The van der Waals surface area contributed by atoms with Gasteiger partial charge >= 0.3 is 0 Å². The lowest BCUT2D eigenvalue weighted by atomic mass is 10.0. The molecule has 3 radical (unpaired) electrons. The zero-order chi connectivity index (χ0) is 21.2. The molecule has 0 aliphatic carbocycles. The predicted octanol–water partition coefficient (Wildman–Crippen LogP) is 6.64. The Balaban J connectivity index is 0.00000245. The van der Waals surface area contributed by atoms with Gasteiger partial charge in [-0.05, 0) is 49.9 Å². The van der Waals surface area contributed by atoms with Crippen LogP contribution in [0.2, 0.25) is 0 Å². The van der Waals surface area contributed by atoms with Gasteiger partial charge in [-0.15, -0.1) is 0 Å². The molecular weight excluding hydrogens is 408 g/mol. The van der Waals surface area contributed by atoms with Crippen LogP contribution >= 0.6 is 8.37 Å². The topological polar surface area (TPSA) is 9.72 Å². The lowest BCUT2D eigenvalue weighted by Crippen LogP contribution is -2.34. The first-order valence-corrected chi connectivity index (χ1v) is 12.7. The Morgan fingerprint density at radius 1 is 0.781 bits per heavy atom. The van der Waals surface area contributed by atoms with E-state index >= 15 is 0 Å². The molecule has 0 N–H and O–H groups in total. The minimum absolute atomic E-state index is 0. The van der Waals surface area contributed by atoms with Gasteiger partial charge in [0.15, 0.2) is 8.37 Å². The molecule has 163 valence electrons. The van der Waals surface area contributed by atoms with E-state index in [2.05, 4.69) is 119 Å².